The summed E-state index contributed by atoms with van der Waals surface area (Å²) in [5, 5.41) is 2.75. The first kappa shape index (κ1) is 20.0. The topological polar surface area (TPSA) is 54.0 Å². The smallest absolute Gasteiger partial charge is 0.221 e. The van der Waals surface area contributed by atoms with Gasteiger partial charge in [-0.05, 0) is 30.7 Å². The van der Waals surface area contributed by atoms with Gasteiger partial charge in [0.25, 0.3) is 0 Å². The highest BCUT2D eigenvalue weighted by molar-refractivity contribution is 5.89. The van der Waals surface area contributed by atoms with E-state index < -0.39 is 0 Å². The fourth-order valence-corrected chi connectivity index (χ4v) is 3.41. The molecule has 0 aliphatic carbocycles. The molecule has 150 valence electrons. The van der Waals surface area contributed by atoms with Crippen LogP contribution in [0.2, 0.25) is 0 Å². The quantitative estimate of drug-likeness (QED) is 0.709. The van der Waals surface area contributed by atoms with Crippen molar-refractivity contribution in [2.75, 3.05) is 56.7 Å². The molecule has 1 aliphatic rings. The first-order valence-corrected chi connectivity index (χ1v) is 9.76. The average Bonchev–Trinajstić information content (AvgIpc) is 2.72. The molecule has 0 radical (unpaired) electrons. The number of carbonyl (C=O) groups excluding carboxylic acids is 1. The Morgan fingerprint density at radius 1 is 1.04 bits per heavy atom. The third kappa shape index (κ3) is 5.63. The number of nitrogens with one attached hydrogen (secondary N) is 1. The standard InChI is InChI=1S/C22H29N3O3/c1-18(26)23-19-9-10-21(22(17-19)27-2)28-16-6-11-24-12-14-25(15-13-24)20-7-4-3-5-8-20/h3-5,7-10,17H,6,11-16H2,1-2H3,(H,23,26). The zero-order valence-electron chi connectivity index (χ0n) is 16.7. The van der Waals surface area contributed by atoms with Crippen molar-refractivity contribution >= 4 is 17.3 Å². The van der Waals surface area contributed by atoms with Gasteiger partial charge in [-0.25, -0.2) is 0 Å². The van der Waals surface area contributed by atoms with Crippen LogP contribution in [0.25, 0.3) is 0 Å². The van der Waals surface area contributed by atoms with Crippen molar-refractivity contribution in [3.8, 4) is 11.5 Å². The third-order valence-electron chi connectivity index (χ3n) is 4.85. The fraction of sp³-hybridized carbons (Fsp3) is 0.409. The number of rotatable bonds is 8. The summed E-state index contributed by atoms with van der Waals surface area (Å²) >= 11 is 0. The number of hydrogen-bond donors (Lipinski definition) is 1. The second-order valence-corrected chi connectivity index (χ2v) is 6.91. The highest BCUT2D eigenvalue weighted by Crippen LogP contribution is 2.30. The van der Waals surface area contributed by atoms with Gasteiger partial charge in [-0.1, -0.05) is 18.2 Å². The van der Waals surface area contributed by atoms with E-state index in [0.717, 1.165) is 39.1 Å². The minimum Gasteiger partial charge on any atom is -0.493 e. The average molecular weight is 383 g/mol. The zero-order valence-corrected chi connectivity index (χ0v) is 16.7. The van der Waals surface area contributed by atoms with Gasteiger partial charge in [-0.15, -0.1) is 0 Å². The van der Waals surface area contributed by atoms with Crippen molar-refractivity contribution in [1.82, 2.24) is 4.90 Å². The minimum absolute atomic E-state index is 0.108. The minimum atomic E-state index is -0.108. The van der Waals surface area contributed by atoms with Crippen LogP contribution in [0.4, 0.5) is 11.4 Å². The van der Waals surface area contributed by atoms with Crippen molar-refractivity contribution < 1.29 is 14.3 Å². The van der Waals surface area contributed by atoms with Crippen LogP contribution >= 0.6 is 0 Å². The molecule has 6 nitrogen and oxygen atoms in total. The summed E-state index contributed by atoms with van der Waals surface area (Å²) in [6.07, 6.45) is 0.960. The normalized spacial score (nSPS) is 14.6. The lowest BCUT2D eigenvalue weighted by molar-refractivity contribution is -0.114. The molecule has 1 saturated heterocycles. The Balaban J connectivity index is 1.40. The molecule has 0 unspecified atom stereocenters. The molecule has 0 spiro atoms. The Hall–Kier alpha value is -2.73. The molecule has 0 saturated carbocycles. The van der Waals surface area contributed by atoms with Gasteiger partial charge in [0.1, 0.15) is 0 Å². The summed E-state index contributed by atoms with van der Waals surface area (Å²) in [6, 6.07) is 16.0. The van der Waals surface area contributed by atoms with E-state index in [9.17, 15) is 4.79 Å². The van der Waals surface area contributed by atoms with Crippen molar-refractivity contribution in [3.63, 3.8) is 0 Å². The van der Waals surface area contributed by atoms with Gasteiger partial charge < -0.3 is 19.7 Å². The second-order valence-electron chi connectivity index (χ2n) is 6.91. The zero-order chi connectivity index (χ0) is 19.8. The summed E-state index contributed by atoms with van der Waals surface area (Å²) in [6.45, 7) is 7.40. The molecule has 1 N–H and O–H groups in total. The summed E-state index contributed by atoms with van der Waals surface area (Å²) in [7, 11) is 1.60. The number of methoxy groups -OCH3 is 1. The Bertz CT molecular complexity index is 759. The van der Waals surface area contributed by atoms with Gasteiger partial charge >= 0.3 is 0 Å². The molecule has 1 heterocycles. The molecule has 2 aromatic rings. The molecular weight excluding hydrogens is 354 g/mol. The number of ether oxygens (including phenoxy) is 2. The maximum atomic E-state index is 11.2. The molecule has 6 heteroatoms. The van der Waals surface area contributed by atoms with E-state index in [1.165, 1.54) is 12.6 Å². The molecule has 0 aromatic heterocycles. The van der Waals surface area contributed by atoms with E-state index in [0.29, 0.717) is 23.8 Å². The van der Waals surface area contributed by atoms with E-state index in [-0.39, 0.29) is 5.91 Å². The Labute approximate surface area is 167 Å². The highest BCUT2D eigenvalue weighted by atomic mass is 16.5. The van der Waals surface area contributed by atoms with Crippen molar-refractivity contribution in [1.29, 1.82) is 0 Å². The maximum absolute atomic E-state index is 11.2. The number of para-hydroxylation sites is 1. The molecular formula is C22H29N3O3. The number of amides is 1. The molecule has 0 atom stereocenters. The van der Waals surface area contributed by atoms with Crippen LogP contribution in [0.1, 0.15) is 13.3 Å². The van der Waals surface area contributed by atoms with Gasteiger partial charge in [-0.2, -0.15) is 0 Å². The first-order chi connectivity index (χ1) is 13.7. The molecule has 1 amide bonds. The largest absolute Gasteiger partial charge is 0.493 e. The van der Waals surface area contributed by atoms with Gasteiger partial charge in [0, 0.05) is 57.1 Å². The van der Waals surface area contributed by atoms with E-state index >= 15 is 0 Å². The van der Waals surface area contributed by atoms with Crippen LogP contribution < -0.4 is 19.7 Å². The van der Waals surface area contributed by atoms with Crippen LogP contribution in [0.5, 0.6) is 11.5 Å². The van der Waals surface area contributed by atoms with Gasteiger partial charge in [0.05, 0.1) is 13.7 Å². The Kier molecular flexibility index (Phi) is 7.14. The van der Waals surface area contributed by atoms with Gasteiger partial charge in [0.15, 0.2) is 11.5 Å². The van der Waals surface area contributed by atoms with E-state index in [1.807, 2.05) is 12.1 Å². The Morgan fingerprint density at radius 3 is 2.46 bits per heavy atom. The summed E-state index contributed by atoms with van der Waals surface area (Å²) in [4.78, 5) is 16.1. The third-order valence-corrected chi connectivity index (χ3v) is 4.85. The van der Waals surface area contributed by atoms with Gasteiger partial charge in [-0.3, -0.25) is 9.69 Å². The van der Waals surface area contributed by atoms with Crippen LogP contribution in [0, 0.1) is 0 Å². The number of benzene rings is 2. The van der Waals surface area contributed by atoms with Crippen LogP contribution in [-0.2, 0) is 4.79 Å². The number of hydrogen-bond acceptors (Lipinski definition) is 5. The van der Waals surface area contributed by atoms with E-state index in [4.69, 9.17) is 9.47 Å². The fourth-order valence-electron chi connectivity index (χ4n) is 3.41. The van der Waals surface area contributed by atoms with Crippen molar-refractivity contribution in [2.45, 2.75) is 13.3 Å². The number of nitrogens with zero attached hydrogens (tertiary/aromatic N) is 2. The lowest BCUT2D eigenvalue weighted by atomic mass is 10.2. The summed E-state index contributed by atoms with van der Waals surface area (Å²) in [5.74, 6) is 1.22. The second kappa shape index (κ2) is 9.99. The molecule has 2 aromatic carbocycles. The molecule has 1 aliphatic heterocycles. The highest BCUT2D eigenvalue weighted by Gasteiger charge is 2.16. The van der Waals surface area contributed by atoms with Gasteiger partial charge in [0.2, 0.25) is 5.91 Å². The summed E-state index contributed by atoms with van der Waals surface area (Å²) < 4.78 is 11.3. The predicted octanol–water partition coefficient (Wildman–Crippen LogP) is 3.24. The lowest BCUT2D eigenvalue weighted by Crippen LogP contribution is -2.46. The molecule has 0 bridgehead atoms. The van der Waals surface area contributed by atoms with E-state index in [2.05, 4.69) is 45.4 Å². The van der Waals surface area contributed by atoms with E-state index in [1.54, 1.807) is 13.2 Å². The predicted molar refractivity (Wildman–Crippen MR) is 113 cm³/mol. The van der Waals surface area contributed by atoms with Crippen molar-refractivity contribution in [2.24, 2.45) is 0 Å². The molecule has 3 rings (SSSR count). The Morgan fingerprint density at radius 2 is 1.79 bits per heavy atom. The SMILES string of the molecule is COc1cc(NC(C)=O)ccc1OCCCN1CCN(c2ccccc2)CC1. The van der Waals surface area contributed by atoms with Crippen LogP contribution in [-0.4, -0.2) is 57.2 Å². The number of carbonyl (C=O) groups is 1. The number of anilines is 2. The lowest BCUT2D eigenvalue weighted by Gasteiger charge is -2.36. The summed E-state index contributed by atoms with van der Waals surface area (Å²) in [5.41, 5.74) is 2.01. The maximum Gasteiger partial charge on any atom is 0.221 e. The molecule has 1 fully saturated rings. The number of piperazine rings is 1. The van der Waals surface area contributed by atoms with Crippen LogP contribution in [0.3, 0.4) is 0 Å². The monoisotopic (exact) mass is 383 g/mol. The van der Waals surface area contributed by atoms with Crippen LogP contribution in [0.15, 0.2) is 48.5 Å². The molecule has 28 heavy (non-hydrogen) atoms. The first-order valence-electron chi connectivity index (χ1n) is 9.76. The van der Waals surface area contributed by atoms with Crippen molar-refractivity contribution in [3.05, 3.63) is 48.5 Å².